The minimum atomic E-state index is 0.519. The Labute approximate surface area is 76.5 Å². The fourth-order valence-corrected chi connectivity index (χ4v) is 1.65. The zero-order chi connectivity index (χ0) is 8.39. The van der Waals surface area contributed by atoms with Gasteiger partial charge in [-0.3, -0.25) is 0 Å². The topological polar surface area (TPSA) is 22.1 Å². The summed E-state index contributed by atoms with van der Waals surface area (Å²) in [6, 6.07) is 3.92. The first-order valence-electron chi connectivity index (χ1n) is 4.05. The van der Waals surface area contributed by atoms with Crippen molar-refractivity contribution in [1.82, 2.24) is 4.98 Å². The summed E-state index contributed by atoms with van der Waals surface area (Å²) in [7, 11) is 0. The second kappa shape index (κ2) is 3.42. The molecule has 0 N–H and O–H groups in total. The lowest BCUT2D eigenvalue weighted by atomic mass is 10.0. The Kier molecular flexibility index (Phi) is 2.28. The van der Waals surface area contributed by atoms with Crippen LogP contribution in [0.4, 0.5) is 0 Å². The van der Waals surface area contributed by atoms with E-state index in [4.69, 9.17) is 16.3 Å². The number of ether oxygens (including phenoxy) is 1. The molecule has 0 amide bonds. The number of hydrogen-bond donors (Lipinski definition) is 0. The molecule has 1 aliphatic rings. The Hall–Kier alpha value is -0.600. The van der Waals surface area contributed by atoms with Crippen LogP contribution in [0.2, 0.25) is 5.15 Å². The van der Waals surface area contributed by atoms with Crippen LogP contribution in [0.15, 0.2) is 18.3 Å². The van der Waals surface area contributed by atoms with Crippen LogP contribution in [0.25, 0.3) is 0 Å². The number of nitrogens with zero attached hydrogens (tertiary/aromatic N) is 1. The third-order valence-corrected chi connectivity index (χ3v) is 2.36. The molecule has 0 aromatic carbocycles. The van der Waals surface area contributed by atoms with Gasteiger partial charge in [0.2, 0.25) is 0 Å². The van der Waals surface area contributed by atoms with Crippen molar-refractivity contribution in [3.63, 3.8) is 0 Å². The summed E-state index contributed by atoms with van der Waals surface area (Å²) in [4.78, 5) is 3.94. The molecular weight excluding hydrogens is 174 g/mol. The van der Waals surface area contributed by atoms with Crippen molar-refractivity contribution in [3.8, 4) is 0 Å². The van der Waals surface area contributed by atoms with E-state index in [0.717, 1.165) is 19.6 Å². The molecular formula is C9H10ClNO. The van der Waals surface area contributed by atoms with Gasteiger partial charge in [0.15, 0.2) is 0 Å². The lowest BCUT2D eigenvalue weighted by molar-refractivity contribution is 0.194. The quantitative estimate of drug-likeness (QED) is 0.623. The largest absolute Gasteiger partial charge is 0.381 e. The number of hydrogen-bond acceptors (Lipinski definition) is 2. The summed E-state index contributed by atoms with van der Waals surface area (Å²) < 4.78 is 5.29. The van der Waals surface area contributed by atoms with E-state index < -0.39 is 0 Å². The molecule has 1 unspecified atom stereocenters. The summed E-state index contributed by atoms with van der Waals surface area (Å²) >= 11 is 5.77. The van der Waals surface area contributed by atoms with Gasteiger partial charge >= 0.3 is 0 Å². The van der Waals surface area contributed by atoms with E-state index in [1.165, 1.54) is 5.56 Å². The molecule has 2 nitrogen and oxygen atoms in total. The van der Waals surface area contributed by atoms with Gasteiger partial charge in [0.05, 0.1) is 6.61 Å². The summed E-state index contributed by atoms with van der Waals surface area (Å²) in [5.74, 6) is 0.519. The minimum absolute atomic E-state index is 0.519. The minimum Gasteiger partial charge on any atom is -0.381 e. The highest BCUT2D eigenvalue weighted by Crippen LogP contribution is 2.25. The molecule has 0 bridgehead atoms. The van der Waals surface area contributed by atoms with Crippen molar-refractivity contribution in [3.05, 3.63) is 29.0 Å². The van der Waals surface area contributed by atoms with Crippen molar-refractivity contribution >= 4 is 11.6 Å². The molecule has 1 aliphatic heterocycles. The van der Waals surface area contributed by atoms with Gasteiger partial charge in [-0.15, -0.1) is 0 Å². The van der Waals surface area contributed by atoms with E-state index in [1.807, 2.05) is 12.1 Å². The predicted molar refractivity (Wildman–Crippen MR) is 47.4 cm³/mol. The number of halogens is 1. The lowest BCUT2D eigenvalue weighted by Gasteiger charge is -2.06. The summed E-state index contributed by atoms with van der Waals surface area (Å²) in [6.45, 7) is 1.69. The van der Waals surface area contributed by atoms with Crippen LogP contribution in [-0.4, -0.2) is 18.2 Å². The van der Waals surface area contributed by atoms with Crippen LogP contribution in [0.5, 0.6) is 0 Å². The highest BCUT2D eigenvalue weighted by molar-refractivity contribution is 6.29. The molecule has 1 aromatic heterocycles. The highest BCUT2D eigenvalue weighted by atomic mass is 35.5. The molecule has 1 atom stereocenters. The summed E-state index contributed by atoms with van der Waals surface area (Å²) in [5, 5.41) is 0.569. The Balaban J connectivity index is 2.21. The first-order chi connectivity index (χ1) is 5.86. The normalized spacial score (nSPS) is 22.9. The lowest BCUT2D eigenvalue weighted by Crippen LogP contribution is -1.97. The zero-order valence-electron chi connectivity index (χ0n) is 6.66. The number of aromatic nitrogens is 1. The molecule has 12 heavy (non-hydrogen) atoms. The molecule has 0 spiro atoms. The van der Waals surface area contributed by atoms with Crippen LogP contribution in [-0.2, 0) is 4.74 Å². The van der Waals surface area contributed by atoms with E-state index in [0.29, 0.717) is 11.1 Å². The molecule has 2 heterocycles. The van der Waals surface area contributed by atoms with Crippen LogP contribution in [0.1, 0.15) is 17.9 Å². The Morgan fingerprint density at radius 2 is 2.50 bits per heavy atom. The zero-order valence-corrected chi connectivity index (χ0v) is 7.42. The van der Waals surface area contributed by atoms with Gasteiger partial charge in [0.25, 0.3) is 0 Å². The number of pyridine rings is 1. The molecule has 2 rings (SSSR count). The van der Waals surface area contributed by atoms with Gasteiger partial charge < -0.3 is 4.74 Å². The van der Waals surface area contributed by atoms with E-state index in [1.54, 1.807) is 6.20 Å². The van der Waals surface area contributed by atoms with Crippen molar-refractivity contribution in [2.45, 2.75) is 12.3 Å². The molecule has 1 aromatic rings. The standard InChI is InChI=1S/C9H10ClNO/c10-9-5-7(1-3-11-9)8-2-4-12-6-8/h1,3,5,8H,2,4,6H2. The van der Waals surface area contributed by atoms with Crippen molar-refractivity contribution in [2.24, 2.45) is 0 Å². The molecule has 0 radical (unpaired) electrons. The Bertz CT molecular complexity index is 271. The summed E-state index contributed by atoms with van der Waals surface area (Å²) in [6.07, 6.45) is 2.84. The predicted octanol–water partition coefficient (Wildman–Crippen LogP) is 2.24. The molecule has 0 aliphatic carbocycles. The average Bonchev–Trinajstić information content (AvgIpc) is 2.56. The smallest absolute Gasteiger partial charge is 0.129 e. The van der Waals surface area contributed by atoms with Gasteiger partial charge in [-0.1, -0.05) is 11.6 Å². The van der Waals surface area contributed by atoms with E-state index >= 15 is 0 Å². The van der Waals surface area contributed by atoms with E-state index in [2.05, 4.69) is 4.98 Å². The second-order valence-corrected chi connectivity index (χ2v) is 3.36. The van der Waals surface area contributed by atoms with Gasteiger partial charge in [-0.2, -0.15) is 0 Å². The van der Waals surface area contributed by atoms with E-state index in [9.17, 15) is 0 Å². The fraction of sp³-hybridized carbons (Fsp3) is 0.444. The average molecular weight is 184 g/mol. The maximum absolute atomic E-state index is 5.77. The molecule has 0 saturated carbocycles. The summed E-state index contributed by atoms with van der Waals surface area (Å²) in [5.41, 5.74) is 1.24. The van der Waals surface area contributed by atoms with Crippen LogP contribution >= 0.6 is 11.6 Å². The Morgan fingerprint density at radius 3 is 3.17 bits per heavy atom. The van der Waals surface area contributed by atoms with Crippen LogP contribution < -0.4 is 0 Å². The second-order valence-electron chi connectivity index (χ2n) is 2.97. The molecule has 1 fully saturated rings. The van der Waals surface area contributed by atoms with Crippen LogP contribution in [0, 0.1) is 0 Å². The fourth-order valence-electron chi connectivity index (χ4n) is 1.47. The SMILES string of the molecule is Clc1cc(C2CCOC2)ccn1. The third-order valence-electron chi connectivity index (χ3n) is 2.15. The van der Waals surface area contributed by atoms with Crippen molar-refractivity contribution in [2.75, 3.05) is 13.2 Å². The van der Waals surface area contributed by atoms with Crippen molar-refractivity contribution in [1.29, 1.82) is 0 Å². The van der Waals surface area contributed by atoms with Gasteiger partial charge in [-0.05, 0) is 24.1 Å². The van der Waals surface area contributed by atoms with Gasteiger partial charge in [0, 0.05) is 18.7 Å². The molecule has 64 valence electrons. The first kappa shape index (κ1) is 8.02. The monoisotopic (exact) mass is 183 g/mol. The van der Waals surface area contributed by atoms with Gasteiger partial charge in [-0.25, -0.2) is 4.98 Å². The molecule has 3 heteroatoms. The first-order valence-corrected chi connectivity index (χ1v) is 4.43. The molecule has 1 saturated heterocycles. The third kappa shape index (κ3) is 1.59. The number of rotatable bonds is 1. The Morgan fingerprint density at radius 1 is 1.58 bits per heavy atom. The van der Waals surface area contributed by atoms with Crippen LogP contribution in [0.3, 0.4) is 0 Å². The highest BCUT2D eigenvalue weighted by Gasteiger charge is 2.17. The maximum atomic E-state index is 5.77. The van der Waals surface area contributed by atoms with E-state index in [-0.39, 0.29) is 0 Å². The van der Waals surface area contributed by atoms with Crippen molar-refractivity contribution < 1.29 is 4.74 Å². The van der Waals surface area contributed by atoms with Gasteiger partial charge in [0.1, 0.15) is 5.15 Å². The maximum Gasteiger partial charge on any atom is 0.129 e.